The predicted molar refractivity (Wildman–Crippen MR) is 102 cm³/mol. The Kier molecular flexibility index (Phi) is 3.65. The normalized spacial score (nSPS) is 51.9. The van der Waals surface area contributed by atoms with Crippen LogP contribution in [-0.4, -0.2) is 27.0 Å². The smallest absolute Gasteiger partial charge is 0.101 e. The minimum absolute atomic E-state index is 0.0789. The van der Waals surface area contributed by atoms with Crippen molar-refractivity contribution < 1.29 is 19.7 Å². The first-order valence-electron chi connectivity index (χ1n) is 10.6. The Balaban J connectivity index is 1.56. The summed E-state index contributed by atoms with van der Waals surface area (Å²) < 4.78 is 5.28. The Labute approximate surface area is 161 Å². The van der Waals surface area contributed by atoms with Crippen LogP contribution in [0.15, 0.2) is 34.7 Å². The summed E-state index contributed by atoms with van der Waals surface area (Å²) in [6, 6.07) is 1.85. The van der Waals surface area contributed by atoms with Crippen LogP contribution in [0, 0.1) is 22.7 Å². The molecule has 3 saturated carbocycles. The molecule has 7 atom stereocenters. The lowest BCUT2D eigenvalue weighted by Gasteiger charge is -2.62. The van der Waals surface area contributed by atoms with E-state index in [2.05, 4.69) is 19.9 Å². The van der Waals surface area contributed by atoms with Gasteiger partial charge in [0.2, 0.25) is 0 Å². The molecule has 1 aromatic heterocycles. The number of aliphatic hydroxyl groups is 3. The van der Waals surface area contributed by atoms with Crippen LogP contribution in [0.2, 0.25) is 0 Å². The molecule has 1 heterocycles. The predicted octanol–water partition coefficient (Wildman–Crippen LogP) is 3.91. The van der Waals surface area contributed by atoms with Crippen molar-refractivity contribution in [2.24, 2.45) is 22.7 Å². The maximum Gasteiger partial charge on any atom is 0.101 e. The third-order valence-corrected chi connectivity index (χ3v) is 9.41. The summed E-state index contributed by atoms with van der Waals surface area (Å²) in [6.45, 7) is 4.44. The molecule has 4 aliphatic carbocycles. The highest BCUT2D eigenvalue weighted by molar-refractivity contribution is 5.33. The fourth-order valence-electron chi connectivity index (χ4n) is 7.59. The third-order valence-electron chi connectivity index (χ3n) is 9.41. The molecule has 27 heavy (non-hydrogen) atoms. The molecular weight excluding hydrogens is 340 g/mol. The maximum absolute atomic E-state index is 12.1. The van der Waals surface area contributed by atoms with E-state index in [1.54, 1.807) is 12.5 Å². The lowest BCUT2D eigenvalue weighted by Crippen LogP contribution is -2.63. The van der Waals surface area contributed by atoms with Crippen LogP contribution < -0.4 is 0 Å². The molecule has 0 aromatic carbocycles. The minimum Gasteiger partial charge on any atom is -0.472 e. The molecule has 1 aromatic rings. The molecule has 0 amide bonds. The molecule has 0 radical (unpaired) electrons. The standard InChI is InChI=1S/C23H32O4/c1-20-8-5-17(24)13-15(20)3-4-19-18(20)6-9-21(2)22(25,10-11-23(19,21)26)16-7-12-27-14-16/h3,7,12,14,17-19,24-26H,4-6,8-11,13H2,1-2H3/t17?,18-,19-,20+,21-,22?,23-/m1/s1. The van der Waals surface area contributed by atoms with Crippen LogP contribution in [0.4, 0.5) is 0 Å². The Bertz CT molecular complexity index is 769. The summed E-state index contributed by atoms with van der Waals surface area (Å²) in [5.74, 6) is 0.593. The second-order valence-electron chi connectivity index (χ2n) is 10.2. The quantitative estimate of drug-likeness (QED) is 0.654. The molecule has 4 nitrogen and oxygen atoms in total. The molecule has 4 heteroatoms. The number of rotatable bonds is 1. The van der Waals surface area contributed by atoms with E-state index >= 15 is 0 Å². The van der Waals surface area contributed by atoms with Crippen LogP contribution >= 0.6 is 0 Å². The van der Waals surface area contributed by atoms with E-state index in [0.29, 0.717) is 18.8 Å². The lowest BCUT2D eigenvalue weighted by molar-refractivity contribution is -0.218. The first-order valence-corrected chi connectivity index (χ1v) is 10.6. The summed E-state index contributed by atoms with van der Waals surface area (Å²) in [6.07, 6.45) is 11.9. The minimum atomic E-state index is -1.03. The van der Waals surface area contributed by atoms with Crippen LogP contribution in [0.3, 0.4) is 0 Å². The van der Waals surface area contributed by atoms with Gasteiger partial charge in [0.05, 0.1) is 24.2 Å². The van der Waals surface area contributed by atoms with Crippen LogP contribution in [0.1, 0.15) is 70.8 Å². The van der Waals surface area contributed by atoms with Gasteiger partial charge in [0.1, 0.15) is 5.60 Å². The molecular formula is C23H32O4. The van der Waals surface area contributed by atoms with Gasteiger partial charge < -0.3 is 19.7 Å². The van der Waals surface area contributed by atoms with Crippen molar-refractivity contribution in [2.75, 3.05) is 0 Å². The van der Waals surface area contributed by atoms with E-state index < -0.39 is 16.6 Å². The first-order chi connectivity index (χ1) is 12.7. The van der Waals surface area contributed by atoms with Gasteiger partial charge in [-0.05, 0) is 74.7 Å². The topological polar surface area (TPSA) is 73.8 Å². The SMILES string of the molecule is C[C@]12CCC(O)CC1=CC[C@@H]1[C@H]2CC[C@]2(C)C(O)(c3ccoc3)CC[C@@]12O. The Morgan fingerprint density at radius 1 is 1.04 bits per heavy atom. The van der Waals surface area contributed by atoms with Crippen molar-refractivity contribution in [1.29, 1.82) is 0 Å². The van der Waals surface area contributed by atoms with Gasteiger partial charge in [0.25, 0.3) is 0 Å². The number of furan rings is 1. The maximum atomic E-state index is 12.1. The monoisotopic (exact) mass is 372 g/mol. The highest BCUT2D eigenvalue weighted by Gasteiger charge is 2.71. The average Bonchev–Trinajstić information content (AvgIpc) is 3.24. The van der Waals surface area contributed by atoms with Crippen LogP contribution in [0.5, 0.6) is 0 Å². The van der Waals surface area contributed by atoms with E-state index in [4.69, 9.17) is 4.42 Å². The molecule has 0 spiro atoms. The largest absolute Gasteiger partial charge is 0.472 e. The van der Waals surface area contributed by atoms with Crippen molar-refractivity contribution in [2.45, 2.75) is 82.5 Å². The van der Waals surface area contributed by atoms with Crippen LogP contribution in [0.25, 0.3) is 0 Å². The van der Waals surface area contributed by atoms with Gasteiger partial charge in [-0.1, -0.05) is 25.5 Å². The number of allylic oxidation sites excluding steroid dienone is 1. The van der Waals surface area contributed by atoms with E-state index in [9.17, 15) is 15.3 Å². The fourth-order valence-corrected chi connectivity index (χ4v) is 7.59. The zero-order valence-corrected chi connectivity index (χ0v) is 16.4. The van der Waals surface area contributed by atoms with Gasteiger partial charge in [0, 0.05) is 11.0 Å². The lowest BCUT2D eigenvalue weighted by atomic mass is 9.45. The molecule has 0 aliphatic heterocycles. The molecule has 0 bridgehead atoms. The van der Waals surface area contributed by atoms with Crippen molar-refractivity contribution in [3.63, 3.8) is 0 Å². The van der Waals surface area contributed by atoms with Crippen molar-refractivity contribution in [1.82, 2.24) is 0 Å². The highest BCUT2D eigenvalue weighted by atomic mass is 16.3. The summed E-state index contributed by atoms with van der Waals surface area (Å²) in [5.41, 5.74) is -0.191. The summed E-state index contributed by atoms with van der Waals surface area (Å²) in [5, 5.41) is 34.0. The van der Waals surface area contributed by atoms with E-state index in [-0.39, 0.29) is 17.4 Å². The number of hydrogen-bond donors (Lipinski definition) is 3. The second-order valence-corrected chi connectivity index (χ2v) is 10.2. The van der Waals surface area contributed by atoms with Gasteiger partial charge in [-0.3, -0.25) is 0 Å². The third kappa shape index (κ3) is 2.05. The summed E-state index contributed by atoms with van der Waals surface area (Å²) in [7, 11) is 0. The van der Waals surface area contributed by atoms with Gasteiger partial charge >= 0.3 is 0 Å². The second kappa shape index (κ2) is 5.49. The molecule has 5 rings (SSSR count). The number of hydrogen-bond acceptors (Lipinski definition) is 4. The van der Waals surface area contributed by atoms with Crippen molar-refractivity contribution in [3.8, 4) is 0 Å². The first kappa shape index (κ1) is 18.0. The zero-order chi connectivity index (χ0) is 19.1. The zero-order valence-electron chi connectivity index (χ0n) is 16.4. The molecule has 148 valence electrons. The summed E-state index contributed by atoms with van der Waals surface area (Å²) >= 11 is 0. The molecule has 3 fully saturated rings. The molecule has 2 unspecified atom stereocenters. The molecule has 4 aliphatic rings. The van der Waals surface area contributed by atoms with E-state index in [1.165, 1.54) is 5.57 Å². The van der Waals surface area contributed by atoms with E-state index in [0.717, 1.165) is 44.1 Å². The Hall–Kier alpha value is -1.10. The number of fused-ring (bicyclic) bond motifs is 5. The van der Waals surface area contributed by atoms with Gasteiger partial charge in [-0.15, -0.1) is 0 Å². The average molecular weight is 373 g/mol. The molecule has 3 N–H and O–H groups in total. The number of aliphatic hydroxyl groups excluding tert-OH is 1. The van der Waals surface area contributed by atoms with Crippen LogP contribution in [-0.2, 0) is 5.60 Å². The van der Waals surface area contributed by atoms with Gasteiger partial charge in [0.15, 0.2) is 0 Å². The summed E-state index contributed by atoms with van der Waals surface area (Å²) in [4.78, 5) is 0. The molecule has 0 saturated heterocycles. The van der Waals surface area contributed by atoms with E-state index in [1.807, 2.05) is 6.07 Å². The fraction of sp³-hybridized carbons (Fsp3) is 0.739. The van der Waals surface area contributed by atoms with Crippen molar-refractivity contribution in [3.05, 3.63) is 35.8 Å². The Morgan fingerprint density at radius 2 is 1.85 bits per heavy atom. The van der Waals surface area contributed by atoms with Gasteiger partial charge in [-0.25, -0.2) is 0 Å². The van der Waals surface area contributed by atoms with Crippen molar-refractivity contribution >= 4 is 0 Å². The van der Waals surface area contributed by atoms with Gasteiger partial charge in [-0.2, -0.15) is 0 Å². The highest BCUT2D eigenvalue weighted by Crippen LogP contribution is 2.70. The Morgan fingerprint density at radius 3 is 2.59 bits per heavy atom.